The van der Waals surface area contributed by atoms with Crippen LogP contribution in [0.2, 0.25) is 0 Å². The second kappa shape index (κ2) is 10.5. The van der Waals surface area contributed by atoms with Crippen LogP contribution in [0.1, 0.15) is 39.7 Å². The van der Waals surface area contributed by atoms with Crippen molar-refractivity contribution in [3.05, 3.63) is 117 Å². The Morgan fingerprint density at radius 2 is 1.62 bits per heavy atom. The molecule has 1 aliphatic rings. The van der Waals surface area contributed by atoms with Crippen molar-refractivity contribution in [2.45, 2.75) is 33.4 Å². The standard InChI is InChI=1S/C31H33N7O/c1-21-10-12-27-25(17-21)19-26(31(39)32-27)29(30-33-34-35-38(30)20-24-7-5-4-6-8-24)37-15-13-36(14-16-37)28-18-22(2)9-11-23(28)3/h4-12,17-19,29H,13-16,20H2,1-3H3,(H,32,39)/t29-/m0/s1. The molecule has 1 N–H and O–H groups in total. The van der Waals surface area contributed by atoms with E-state index in [2.05, 4.69) is 87.5 Å². The third-order valence-electron chi connectivity index (χ3n) is 7.69. The highest BCUT2D eigenvalue weighted by atomic mass is 16.1. The first-order chi connectivity index (χ1) is 19.0. The summed E-state index contributed by atoms with van der Waals surface area (Å²) in [5.41, 5.74) is 7.45. The summed E-state index contributed by atoms with van der Waals surface area (Å²) >= 11 is 0. The van der Waals surface area contributed by atoms with E-state index < -0.39 is 0 Å². The Kier molecular flexibility index (Phi) is 6.70. The minimum absolute atomic E-state index is 0.109. The summed E-state index contributed by atoms with van der Waals surface area (Å²) in [7, 11) is 0. The quantitative estimate of drug-likeness (QED) is 0.358. The second-order valence-electron chi connectivity index (χ2n) is 10.5. The molecule has 1 atom stereocenters. The third kappa shape index (κ3) is 5.07. The normalized spacial score (nSPS) is 15.1. The summed E-state index contributed by atoms with van der Waals surface area (Å²) in [6.07, 6.45) is 0. The monoisotopic (exact) mass is 519 g/mol. The van der Waals surface area contributed by atoms with Crippen molar-refractivity contribution in [1.82, 2.24) is 30.1 Å². The zero-order chi connectivity index (χ0) is 26.9. The van der Waals surface area contributed by atoms with Crippen molar-refractivity contribution < 1.29 is 0 Å². The number of nitrogens with zero attached hydrogens (tertiary/aromatic N) is 6. The molecule has 0 aliphatic carbocycles. The molecule has 39 heavy (non-hydrogen) atoms. The molecule has 0 bridgehead atoms. The molecule has 1 aliphatic heterocycles. The van der Waals surface area contributed by atoms with Gasteiger partial charge in [-0.15, -0.1) is 5.10 Å². The minimum atomic E-state index is -0.377. The maximum absolute atomic E-state index is 13.6. The minimum Gasteiger partial charge on any atom is -0.369 e. The lowest BCUT2D eigenvalue weighted by Crippen LogP contribution is -2.49. The fourth-order valence-electron chi connectivity index (χ4n) is 5.60. The van der Waals surface area contributed by atoms with E-state index in [1.54, 1.807) is 0 Å². The Bertz CT molecular complexity index is 1670. The van der Waals surface area contributed by atoms with E-state index >= 15 is 0 Å². The molecular formula is C31H33N7O. The van der Waals surface area contributed by atoms with Gasteiger partial charge in [0.25, 0.3) is 5.56 Å². The predicted octanol–water partition coefficient (Wildman–Crippen LogP) is 4.40. The summed E-state index contributed by atoms with van der Waals surface area (Å²) in [6.45, 7) is 10.2. The van der Waals surface area contributed by atoms with Crippen LogP contribution in [0.4, 0.5) is 5.69 Å². The van der Waals surface area contributed by atoms with E-state index in [-0.39, 0.29) is 11.6 Å². The van der Waals surface area contributed by atoms with E-state index in [4.69, 9.17) is 0 Å². The second-order valence-corrected chi connectivity index (χ2v) is 10.5. The van der Waals surface area contributed by atoms with Crippen LogP contribution in [0.5, 0.6) is 0 Å². The Morgan fingerprint density at radius 1 is 0.872 bits per heavy atom. The number of nitrogens with one attached hydrogen (secondary N) is 1. The van der Waals surface area contributed by atoms with Gasteiger partial charge in [-0.25, -0.2) is 4.68 Å². The van der Waals surface area contributed by atoms with Crippen LogP contribution in [-0.4, -0.2) is 56.3 Å². The van der Waals surface area contributed by atoms with Gasteiger partial charge < -0.3 is 9.88 Å². The zero-order valence-electron chi connectivity index (χ0n) is 22.6. The van der Waals surface area contributed by atoms with Crippen molar-refractivity contribution in [2.75, 3.05) is 31.1 Å². The average molecular weight is 520 g/mol. The van der Waals surface area contributed by atoms with E-state index in [0.717, 1.165) is 48.2 Å². The molecule has 0 spiro atoms. The van der Waals surface area contributed by atoms with Gasteiger partial charge in [0.1, 0.15) is 6.04 Å². The summed E-state index contributed by atoms with van der Waals surface area (Å²) in [6, 6.07) is 24.5. The van der Waals surface area contributed by atoms with E-state index in [9.17, 15) is 4.79 Å². The highest BCUT2D eigenvalue weighted by Crippen LogP contribution is 2.30. The maximum Gasteiger partial charge on any atom is 0.253 e. The number of pyridine rings is 1. The molecule has 8 nitrogen and oxygen atoms in total. The van der Waals surface area contributed by atoms with Crippen LogP contribution >= 0.6 is 0 Å². The Balaban J connectivity index is 1.39. The van der Waals surface area contributed by atoms with Gasteiger partial charge in [0.2, 0.25) is 0 Å². The SMILES string of the molecule is Cc1ccc(C)c(N2CCN([C@@H](c3cc4cc(C)ccc4[nH]c3=O)c3nnnn3Cc3ccccc3)CC2)c1. The molecule has 0 amide bonds. The molecule has 1 fully saturated rings. The van der Waals surface area contributed by atoms with E-state index in [1.807, 2.05) is 41.1 Å². The fraction of sp³-hybridized carbons (Fsp3) is 0.290. The van der Waals surface area contributed by atoms with Gasteiger partial charge in [-0.3, -0.25) is 9.69 Å². The molecule has 3 aromatic carbocycles. The van der Waals surface area contributed by atoms with Gasteiger partial charge in [-0.05, 0) is 77.5 Å². The molecule has 8 heteroatoms. The van der Waals surface area contributed by atoms with Crippen molar-refractivity contribution in [3.63, 3.8) is 0 Å². The summed E-state index contributed by atoms with van der Waals surface area (Å²) in [4.78, 5) is 21.5. The van der Waals surface area contributed by atoms with Crippen LogP contribution in [0.25, 0.3) is 10.9 Å². The van der Waals surface area contributed by atoms with Crippen molar-refractivity contribution >= 4 is 16.6 Å². The number of H-pyrrole nitrogens is 1. The lowest BCUT2D eigenvalue weighted by molar-refractivity contribution is 0.200. The van der Waals surface area contributed by atoms with Crippen LogP contribution in [-0.2, 0) is 6.54 Å². The van der Waals surface area contributed by atoms with Gasteiger partial charge in [-0.1, -0.05) is 54.1 Å². The number of piperazine rings is 1. The van der Waals surface area contributed by atoms with E-state index in [1.165, 1.54) is 16.8 Å². The van der Waals surface area contributed by atoms with Crippen molar-refractivity contribution in [2.24, 2.45) is 0 Å². The fourth-order valence-corrected chi connectivity index (χ4v) is 5.60. The average Bonchev–Trinajstić information content (AvgIpc) is 3.39. The van der Waals surface area contributed by atoms with Crippen LogP contribution < -0.4 is 10.5 Å². The molecule has 6 rings (SSSR count). The lowest BCUT2D eigenvalue weighted by Gasteiger charge is -2.40. The van der Waals surface area contributed by atoms with Gasteiger partial charge in [0, 0.05) is 42.9 Å². The summed E-state index contributed by atoms with van der Waals surface area (Å²) in [5.74, 6) is 0.677. The number of aryl methyl sites for hydroxylation is 3. The number of hydrogen-bond acceptors (Lipinski definition) is 6. The number of aromatic nitrogens is 5. The third-order valence-corrected chi connectivity index (χ3v) is 7.69. The molecule has 0 unspecified atom stereocenters. The number of tetrazole rings is 1. The zero-order valence-corrected chi connectivity index (χ0v) is 22.6. The van der Waals surface area contributed by atoms with Crippen molar-refractivity contribution in [1.29, 1.82) is 0 Å². The first-order valence-corrected chi connectivity index (χ1v) is 13.5. The highest BCUT2D eigenvalue weighted by molar-refractivity contribution is 5.79. The number of anilines is 1. The van der Waals surface area contributed by atoms with Gasteiger partial charge in [-0.2, -0.15) is 0 Å². The van der Waals surface area contributed by atoms with Crippen molar-refractivity contribution in [3.8, 4) is 0 Å². The number of benzene rings is 3. The molecule has 5 aromatic rings. The van der Waals surface area contributed by atoms with Gasteiger partial charge in [0.15, 0.2) is 5.82 Å². The smallest absolute Gasteiger partial charge is 0.253 e. The van der Waals surface area contributed by atoms with Crippen LogP contribution in [0, 0.1) is 20.8 Å². The maximum atomic E-state index is 13.6. The molecule has 3 heterocycles. The molecule has 198 valence electrons. The summed E-state index contributed by atoms with van der Waals surface area (Å²) in [5, 5.41) is 13.9. The number of aromatic amines is 1. The number of fused-ring (bicyclic) bond motifs is 1. The topological polar surface area (TPSA) is 82.9 Å². The predicted molar refractivity (Wildman–Crippen MR) is 154 cm³/mol. The Hall–Kier alpha value is -4.30. The molecule has 0 saturated carbocycles. The molecule has 1 saturated heterocycles. The lowest BCUT2D eigenvalue weighted by atomic mass is 10.0. The first-order valence-electron chi connectivity index (χ1n) is 13.5. The Morgan fingerprint density at radius 3 is 2.41 bits per heavy atom. The first kappa shape index (κ1) is 25.0. The van der Waals surface area contributed by atoms with Crippen LogP contribution in [0.3, 0.4) is 0 Å². The molecular weight excluding hydrogens is 486 g/mol. The van der Waals surface area contributed by atoms with Gasteiger partial charge >= 0.3 is 0 Å². The molecule has 0 radical (unpaired) electrons. The number of rotatable bonds is 6. The number of hydrogen-bond donors (Lipinski definition) is 1. The summed E-state index contributed by atoms with van der Waals surface area (Å²) < 4.78 is 1.83. The highest BCUT2D eigenvalue weighted by Gasteiger charge is 2.33. The van der Waals surface area contributed by atoms with Crippen LogP contribution in [0.15, 0.2) is 77.6 Å². The van der Waals surface area contributed by atoms with Gasteiger partial charge in [0.05, 0.1) is 6.54 Å². The largest absolute Gasteiger partial charge is 0.369 e. The Labute approximate surface area is 227 Å². The van der Waals surface area contributed by atoms with E-state index in [0.29, 0.717) is 17.9 Å². The molecule has 2 aromatic heterocycles.